The molecule has 0 radical (unpaired) electrons. The van der Waals surface area contributed by atoms with Gasteiger partial charge >= 0.3 is 6.61 Å². The molecule has 8 nitrogen and oxygen atoms in total. The number of amides is 1. The van der Waals surface area contributed by atoms with Crippen LogP contribution in [0, 0.1) is 0 Å². The molecule has 1 saturated carbocycles. The summed E-state index contributed by atoms with van der Waals surface area (Å²) in [7, 11) is 1.73. The second kappa shape index (κ2) is 7.79. The SMILES string of the molecule is CN1C(=O)c2cccc(OC(F)F)c2C2CC1c1nn3ccc(-c4cnc(C5(N)CCC5)nc4)cc3c12. The van der Waals surface area contributed by atoms with Crippen LogP contribution in [-0.4, -0.2) is 44.0 Å². The van der Waals surface area contributed by atoms with E-state index >= 15 is 0 Å². The van der Waals surface area contributed by atoms with Crippen molar-refractivity contribution in [2.75, 3.05) is 7.05 Å². The molecule has 3 aliphatic rings. The van der Waals surface area contributed by atoms with Gasteiger partial charge in [-0.05, 0) is 55.5 Å². The predicted octanol–water partition coefficient (Wildman–Crippen LogP) is 4.39. The van der Waals surface area contributed by atoms with Crippen molar-refractivity contribution in [3.8, 4) is 16.9 Å². The number of aromatic nitrogens is 4. The van der Waals surface area contributed by atoms with Crippen LogP contribution >= 0.6 is 0 Å². The summed E-state index contributed by atoms with van der Waals surface area (Å²) >= 11 is 0. The van der Waals surface area contributed by atoms with Crippen molar-refractivity contribution in [2.45, 2.75) is 49.8 Å². The number of hydrogen-bond acceptors (Lipinski definition) is 6. The highest BCUT2D eigenvalue weighted by atomic mass is 19.3. The number of hydrogen-bond donors (Lipinski definition) is 1. The van der Waals surface area contributed by atoms with Crippen LogP contribution in [0.15, 0.2) is 48.9 Å². The van der Waals surface area contributed by atoms with Gasteiger partial charge in [0.15, 0.2) is 0 Å². The summed E-state index contributed by atoms with van der Waals surface area (Å²) in [6, 6.07) is 8.44. The standard InChI is InChI=1S/C27H24F2N6O2/c1-34-19-11-17(21-16(24(34)36)4-2-5-20(21)37-26(28)29)22-18-10-14(6-9-35(18)33-23(19)22)15-12-31-25(32-13-15)27(30)7-3-8-27/h2,4-6,9-10,12-13,17,19,26H,3,7-8,11,30H2,1H3. The molecule has 7 rings (SSSR count). The van der Waals surface area contributed by atoms with E-state index in [9.17, 15) is 13.6 Å². The molecule has 2 unspecified atom stereocenters. The molecule has 2 atom stereocenters. The molecule has 2 bridgehead atoms. The van der Waals surface area contributed by atoms with Crippen LogP contribution in [0.25, 0.3) is 16.6 Å². The van der Waals surface area contributed by atoms with Crippen molar-refractivity contribution >= 4 is 11.4 Å². The molecule has 4 heterocycles. The summed E-state index contributed by atoms with van der Waals surface area (Å²) < 4.78 is 33.3. The Hall–Kier alpha value is -3.92. The van der Waals surface area contributed by atoms with Gasteiger partial charge in [-0.1, -0.05) is 6.07 Å². The van der Waals surface area contributed by atoms with E-state index in [0.717, 1.165) is 47.2 Å². The second-order valence-corrected chi connectivity index (χ2v) is 10.2. The third kappa shape index (κ3) is 3.21. The van der Waals surface area contributed by atoms with Gasteiger partial charge in [0.05, 0.1) is 22.8 Å². The first-order chi connectivity index (χ1) is 17.8. The number of halogens is 2. The van der Waals surface area contributed by atoms with E-state index in [2.05, 4.69) is 9.97 Å². The van der Waals surface area contributed by atoms with Crippen molar-refractivity contribution in [1.29, 1.82) is 0 Å². The van der Waals surface area contributed by atoms with E-state index < -0.39 is 12.2 Å². The highest BCUT2D eigenvalue weighted by Gasteiger charge is 2.46. The molecule has 188 valence electrons. The van der Waals surface area contributed by atoms with Gasteiger partial charge in [-0.2, -0.15) is 13.9 Å². The Kier molecular flexibility index (Phi) is 4.69. The van der Waals surface area contributed by atoms with E-state index in [1.165, 1.54) is 6.07 Å². The summed E-state index contributed by atoms with van der Waals surface area (Å²) in [6.07, 6.45) is 8.85. The van der Waals surface area contributed by atoms with Crippen LogP contribution in [0.2, 0.25) is 0 Å². The minimum atomic E-state index is -3.00. The lowest BCUT2D eigenvalue weighted by Gasteiger charge is -2.36. The molecular weight excluding hydrogens is 478 g/mol. The lowest BCUT2D eigenvalue weighted by molar-refractivity contribution is -0.0505. The van der Waals surface area contributed by atoms with Gasteiger partial charge in [0.2, 0.25) is 0 Å². The molecule has 2 aliphatic carbocycles. The van der Waals surface area contributed by atoms with Crippen LogP contribution in [0.4, 0.5) is 8.78 Å². The lowest BCUT2D eigenvalue weighted by atomic mass is 9.77. The van der Waals surface area contributed by atoms with Crippen LogP contribution in [0.5, 0.6) is 5.75 Å². The quantitative estimate of drug-likeness (QED) is 0.444. The van der Waals surface area contributed by atoms with Crippen molar-refractivity contribution in [3.63, 3.8) is 0 Å². The summed E-state index contributed by atoms with van der Waals surface area (Å²) in [6.45, 7) is -3.00. The molecule has 4 aromatic rings. The zero-order valence-electron chi connectivity index (χ0n) is 20.1. The Morgan fingerprint density at radius 1 is 1.14 bits per heavy atom. The van der Waals surface area contributed by atoms with Gasteiger partial charge in [0.1, 0.15) is 11.6 Å². The van der Waals surface area contributed by atoms with Crippen LogP contribution in [-0.2, 0) is 5.54 Å². The number of nitrogens with two attached hydrogens (primary N) is 1. The van der Waals surface area contributed by atoms with Gasteiger partial charge in [0.25, 0.3) is 5.91 Å². The molecule has 3 aromatic heterocycles. The zero-order valence-corrected chi connectivity index (χ0v) is 20.1. The van der Waals surface area contributed by atoms with Gasteiger partial charge in [-0.15, -0.1) is 0 Å². The first-order valence-corrected chi connectivity index (χ1v) is 12.3. The fourth-order valence-corrected chi connectivity index (χ4v) is 6.06. The number of rotatable bonds is 4. The number of ether oxygens (including phenoxy) is 1. The molecule has 2 N–H and O–H groups in total. The molecular formula is C27H24F2N6O2. The Balaban J connectivity index is 1.37. The Bertz CT molecular complexity index is 1560. The first-order valence-electron chi connectivity index (χ1n) is 12.3. The van der Waals surface area contributed by atoms with Crippen molar-refractivity contribution in [3.05, 3.63) is 77.1 Å². The number of pyridine rings is 1. The number of fused-ring (bicyclic) bond motifs is 9. The van der Waals surface area contributed by atoms with E-state index in [1.54, 1.807) is 41.0 Å². The molecule has 37 heavy (non-hydrogen) atoms. The minimum Gasteiger partial charge on any atom is -0.434 e. The van der Waals surface area contributed by atoms with E-state index in [-0.39, 0.29) is 23.6 Å². The zero-order chi connectivity index (χ0) is 25.5. The summed E-state index contributed by atoms with van der Waals surface area (Å²) in [5, 5.41) is 4.81. The number of nitrogens with zero attached hydrogens (tertiary/aromatic N) is 5. The average Bonchev–Trinajstić information content (AvgIpc) is 3.40. The molecule has 0 saturated heterocycles. The maximum atomic E-state index is 13.3. The van der Waals surface area contributed by atoms with Crippen LogP contribution in [0.3, 0.4) is 0 Å². The number of carbonyl (C=O) groups excluding carboxylic acids is 1. The van der Waals surface area contributed by atoms with Gasteiger partial charge < -0.3 is 15.4 Å². The monoisotopic (exact) mass is 502 g/mol. The fraction of sp³-hybridized carbons (Fsp3) is 0.333. The fourth-order valence-electron chi connectivity index (χ4n) is 6.06. The van der Waals surface area contributed by atoms with E-state index in [4.69, 9.17) is 15.6 Å². The molecule has 1 fully saturated rings. The van der Waals surface area contributed by atoms with Crippen LogP contribution in [0.1, 0.15) is 70.6 Å². The van der Waals surface area contributed by atoms with Gasteiger partial charge in [-0.25, -0.2) is 14.5 Å². The predicted molar refractivity (Wildman–Crippen MR) is 130 cm³/mol. The van der Waals surface area contributed by atoms with Crippen molar-refractivity contribution in [1.82, 2.24) is 24.5 Å². The number of carbonyl (C=O) groups is 1. The summed E-state index contributed by atoms with van der Waals surface area (Å²) in [4.78, 5) is 24.0. The molecule has 10 heteroatoms. The Morgan fingerprint density at radius 3 is 2.62 bits per heavy atom. The smallest absolute Gasteiger partial charge is 0.387 e. The summed E-state index contributed by atoms with van der Waals surface area (Å²) in [5.74, 6) is 0.140. The average molecular weight is 503 g/mol. The Morgan fingerprint density at radius 2 is 1.92 bits per heavy atom. The second-order valence-electron chi connectivity index (χ2n) is 10.2. The molecule has 0 spiro atoms. The normalized spacial score (nSPS) is 21.5. The van der Waals surface area contributed by atoms with Crippen molar-refractivity contribution < 1.29 is 18.3 Å². The maximum Gasteiger partial charge on any atom is 0.387 e. The highest BCUT2D eigenvalue weighted by molar-refractivity contribution is 5.98. The minimum absolute atomic E-state index is 0.0268. The topological polar surface area (TPSA) is 98.6 Å². The van der Waals surface area contributed by atoms with Crippen molar-refractivity contribution in [2.24, 2.45) is 5.73 Å². The first kappa shape index (κ1) is 22.3. The third-order valence-electron chi connectivity index (χ3n) is 8.15. The lowest BCUT2D eigenvalue weighted by Crippen LogP contribution is -2.44. The van der Waals surface area contributed by atoms with E-state index in [1.807, 2.05) is 18.3 Å². The number of alkyl halides is 2. The number of benzene rings is 1. The highest BCUT2D eigenvalue weighted by Crippen LogP contribution is 2.53. The molecule has 1 aliphatic heterocycles. The van der Waals surface area contributed by atoms with E-state index in [0.29, 0.717) is 23.4 Å². The maximum absolute atomic E-state index is 13.3. The van der Waals surface area contributed by atoms with Gasteiger partial charge in [-0.3, -0.25) is 4.79 Å². The molecule has 1 aromatic carbocycles. The summed E-state index contributed by atoms with van der Waals surface area (Å²) in [5.41, 5.74) is 11.1. The largest absolute Gasteiger partial charge is 0.434 e. The molecule has 1 amide bonds. The van der Waals surface area contributed by atoms with Crippen LogP contribution < -0.4 is 10.5 Å². The third-order valence-corrected chi connectivity index (χ3v) is 8.15. The Labute approximate surface area is 211 Å². The van der Waals surface area contributed by atoms with Gasteiger partial charge in [0, 0.05) is 53.8 Å².